The van der Waals surface area contributed by atoms with Crippen LogP contribution in [0, 0.1) is 5.92 Å². The fourth-order valence-electron chi connectivity index (χ4n) is 5.83. The summed E-state index contributed by atoms with van der Waals surface area (Å²) >= 11 is 0. The molecule has 2 aliphatic heterocycles. The van der Waals surface area contributed by atoms with Gasteiger partial charge in [0.2, 0.25) is 5.91 Å². The van der Waals surface area contributed by atoms with E-state index >= 15 is 0 Å². The normalized spacial score (nSPS) is 31.8. The molecular weight excluding hydrogens is 404 g/mol. The number of aliphatic hydroxyl groups is 1. The predicted octanol–water partition coefficient (Wildman–Crippen LogP) is 2.65. The molecule has 0 radical (unpaired) electrons. The highest BCUT2D eigenvalue weighted by Gasteiger charge is 2.33. The van der Waals surface area contributed by atoms with Crippen LogP contribution in [0.3, 0.4) is 0 Å². The van der Waals surface area contributed by atoms with E-state index in [1.165, 1.54) is 18.4 Å². The van der Waals surface area contributed by atoms with Gasteiger partial charge in [0.1, 0.15) is 18.3 Å². The van der Waals surface area contributed by atoms with Crippen LogP contribution >= 0.6 is 0 Å². The highest BCUT2D eigenvalue weighted by atomic mass is 16.6. The van der Waals surface area contributed by atoms with Crippen molar-refractivity contribution in [2.24, 2.45) is 5.92 Å². The third-order valence-corrected chi connectivity index (χ3v) is 7.49. The van der Waals surface area contributed by atoms with Crippen LogP contribution in [0.4, 0.5) is 0 Å². The first kappa shape index (κ1) is 22.1. The zero-order valence-electron chi connectivity index (χ0n) is 18.9. The highest BCUT2D eigenvalue weighted by Crippen LogP contribution is 2.38. The minimum Gasteiger partial charge on any atom is -0.386 e. The Balaban J connectivity index is 1.22. The molecule has 0 saturated carbocycles. The molecule has 3 aliphatic carbocycles. The molecule has 5 aliphatic rings. The van der Waals surface area contributed by atoms with Crippen LogP contribution in [0.2, 0.25) is 0 Å². The van der Waals surface area contributed by atoms with Gasteiger partial charge in [-0.3, -0.25) is 4.79 Å². The molecule has 32 heavy (non-hydrogen) atoms. The number of allylic oxidation sites excluding steroid dienone is 4. The monoisotopic (exact) mass is 440 g/mol. The molecular formula is C26H36N2O4. The molecule has 2 fully saturated rings. The van der Waals surface area contributed by atoms with E-state index in [9.17, 15) is 9.90 Å². The maximum Gasteiger partial charge on any atom is 0.220 e. The fourth-order valence-corrected chi connectivity index (χ4v) is 5.83. The molecule has 0 aromatic rings. The summed E-state index contributed by atoms with van der Waals surface area (Å²) in [7, 11) is 0. The Bertz CT molecular complexity index is 824. The van der Waals surface area contributed by atoms with Gasteiger partial charge in [-0.2, -0.15) is 0 Å². The van der Waals surface area contributed by atoms with Gasteiger partial charge in [-0.1, -0.05) is 29.9 Å². The van der Waals surface area contributed by atoms with Crippen molar-refractivity contribution in [1.82, 2.24) is 10.2 Å². The van der Waals surface area contributed by atoms with E-state index < -0.39 is 6.10 Å². The number of amides is 1. The number of aliphatic hydroxyl groups excluding tert-OH is 1. The summed E-state index contributed by atoms with van der Waals surface area (Å²) < 4.78 is 11.6. The summed E-state index contributed by atoms with van der Waals surface area (Å²) in [6.07, 6.45) is 16.6. The number of carbonyl (C=O) groups excluding carboxylic acids is 1. The van der Waals surface area contributed by atoms with Gasteiger partial charge < -0.3 is 24.8 Å². The molecule has 5 rings (SSSR count). The SMILES string of the molecule is O=C(CC1CC2=C(CCC=C2)C1)N[C@H](CN1CCCC1)[C@H](O)C1=CC2OCCOC2C=C1. The molecule has 3 unspecified atom stereocenters. The lowest BCUT2D eigenvalue weighted by Gasteiger charge is -2.34. The Morgan fingerprint density at radius 1 is 1.16 bits per heavy atom. The van der Waals surface area contributed by atoms with Gasteiger partial charge in [0.05, 0.1) is 19.3 Å². The quantitative estimate of drug-likeness (QED) is 0.637. The van der Waals surface area contributed by atoms with Crippen LogP contribution in [0.25, 0.3) is 0 Å². The highest BCUT2D eigenvalue weighted by molar-refractivity contribution is 5.77. The molecule has 5 atom stereocenters. The Morgan fingerprint density at radius 2 is 1.97 bits per heavy atom. The average Bonchev–Trinajstić information content (AvgIpc) is 3.47. The Kier molecular flexibility index (Phi) is 6.93. The van der Waals surface area contributed by atoms with Crippen LogP contribution < -0.4 is 5.32 Å². The van der Waals surface area contributed by atoms with E-state index in [0.717, 1.165) is 44.3 Å². The lowest BCUT2D eigenvalue weighted by molar-refractivity contribution is -0.123. The maximum atomic E-state index is 13.0. The van der Waals surface area contributed by atoms with Crippen LogP contribution in [0.1, 0.15) is 44.9 Å². The largest absolute Gasteiger partial charge is 0.386 e. The van der Waals surface area contributed by atoms with E-state index in [1.54, 1.807) is 5.57 Å². The minimum absolute atomic E-state index is 0.0533. The van der Waals surface area contributed by atoms with Crippen molar-refractivity contribution >= 4 is 5.91 Å². The second kappa shape index (κ2) is 10.0. The smallest absolute Gasteiger partial charge is 0.220 e. The van der Waals surface area contributed by atoms with Crippen molar-refractivity contribution < 1.29 is 19.4 Å². The van der Waals surface area contributed by atoms with Gasteiger partial charge in [-0.15, -0.1) is 0 Å². The van der Waals surface area contributed by atoms with Crippen molar-refractivity contribution in [3.05, 3.63) is 47.1 Å². The third-order valence-electron chi connectivity index (χ3n) is 7.49. The molecule has 0 spiro atoms. The summed E-state index contributed by atoms with van der Waals surface area (Å²) in [6.45, 7) is 3.89. The van der Waals surface area contributed by atoms with Crippen LogP contribution in [0.15, 0.2) is 47.1 Å². The van der Waals surface area contributed by atoms with Gasteiger partial charge in [0, 0.05) is 13.0 Å². The summed E-state index contributed by atoms with van der Waals surface area (Å²) in [5.74, 6) is 0.437. The topological polar surface area (TPSA) is 71.0 Å². The van der Waals surface area contributed by atoms with E-state index in [-0.39, 0.29) is 24.2 Å². The van der Waals surface area contributed by atoms with E-state index in [2.05, 4.69) is 22.4 Å². The van der Waals surface area contributed by atoms with E-state index in [4.69, 9.17) is 9.47 Å². The molecule has 2 N–H and O–H groups in total. The number of ether oxygens (including phenoxy) is 2. The fraction of sp³-hybridized carbons (Fsp3) is 0.654. The van der Waals surface area contributed by atoms with Crippen LogP contribution in [-0.4, -0.2) is 73.1 Å². The van der Waals surface area contributed by atoms with Gasteiger partial charge in [0.25, 0.3) is 0 Å². The van der Waals surface area contributed by atoms with Crippen molar-refractivity contribution in [2.45, 2.75) is 69.3 Å². The lowest BCUT2D eigenvalue weighted by Crippen LogP contribution is -2.51. The van der Waals surface area contributed by atoms with Crippen molar-refractivity contribution in [1.29, 1.82) is 0 Å². The van der Waals surface area contributed by atoms with E-state index in [1.807, 2.05) is 18.2 Å². The van der Waals surface area contributed by atoms with E-state index in [0.29, 0.717) is 32.1 Å². The Labute approximate surface area is 191 Å². The molecule has 1 amide bonds. The van der Waals surface area contributed by atoms with Gasteiger partial charge in [-0.05, 0) is 74.8 Å². The number of rotatable bonds is 7. The summed E-state index contributed by atoms with van der Waals surface area (Å²) in [6, 6.07) is -0.332. The zero-order valence-corrected chi connectivity index (χ0v) is 18.9. The molecule has 174 valence electrons. The van der Waals surface area contributed by atoms with Crippen LogP contribution in [0.5, 0.6) is 0 Å². The summed E-state index contributed by atoms with van der Waals surface area (Å²) in [5.41, 5.74) is 3.80. The number of fused-ring (bicyclic) bond motifs is 1. The first-order chi connectivity index (χ1) is 15.7. The summed E-state index contributed by atoms with van der Waals surface area (Å²) in [4.78, 5) is 15.4. The molecule has 6 heteroatoms. The first-order valence-corrected chi connectivity index (χ1v) is 12.4. The number of likely N-dealkylation sites (tertiary alicyclic amines) is 1. The number of hydrogen-bond donors (Lipinski definition) is 2. The Morgan fingerprint density at radius 3 is 2.78 bits per heavy atom. The molecule has 2 heterocycles. The van der Waals surface area contributed by atoms with Gasteiger partial charge in [0.15, 0.2) is 0 Å². The van der Waals surface area contributed by atoms with Crippen molar-refractivity contribution in [3.63, 3.8) is 0 Å². The summed E-state index contributed by atoms with van der Waals surface area (Å²) in [5, 5.41) is 14.5. The molecule has 2 saturated heterocycles. The minimum atomic E-state index is -0.764. The Hall–Kier alpha value is -1.73. The second-order valence-corrected chi connectivity index (χ2v) is 9.87. The number of carbonyl (C=O) groups is 1. The molecule has 0 aromatic carbocycles. The zero-order chi connectivity index (χ0) is 21.9. The molecule has 0 bridgehead atoms. The molecule has 6 nitrogen and oxygen atoms in total. The maximum absolute atomic E-state index is 13.0. The van der Waals surface area contributed by atoms with Crippen molar-refractivity contribution in [2.75, 3.05) is 32.8 Å². The van der Waals surface area contributed by atoms with Crippen molar-refractivity contribution in [3.8, 4) is 0 Å². The third kappa shape index (κ3) is 5.09. The standard InChI is InChI=1S/C26H36N2O4/c29-25(15-18-13-19-5-1-2-6-20(19)14-18)27-22(17-28-9-3-4-10-28)26(30)21-7-8-23-24(16-21)32-12-11-31-23/h1,5,7-8,16,18,22-24,26,30H,2-4,6,9-15,17H2,(H,27,29)/t18?,22-,23?,24?,26-/m1/s1. The second-order valence-electron chi connectivity index (χ2n) is 9.87. The first-order valence-electron chi connectivity index (χ1n) is 12.4. The lowest BCUT2D eigenvalue weighted by atomic mass is 9.93. The van der Waals surface area contributed by atoms with Crippen LogP contribution in [-0.2, 0) is 14.3 Å². The average molecular weight is 441 g/mol. The number of hydrogen-bond acceptors (Lipinski definition) is 5. The number of nitrogens with one attached hydrogen (secondary N) is 1. The van der Waals surface area contributed by atoms with Gasteiger partial charge >= 0.3 is 0 Å². The molecule has 0 aromatic heterocycles. The number of nitrogens with zero attached hydrogens (tertiary/aromatic N) is 1. The predicted molar refractivity (Wildman–Crippen MR) is 123 cm³/mol. The van der Waals surface area contributed by atoms with Gasteiger partial charge in [-0.25, -0.2) is 0 Å².